The zero-order valence-corrected chi connectivity index (χ0v) is 13.4. The van der Waals surface area contributed by atoms with Gasteiger partial charge in [-0.3, -0.25) is 0 Å². The number of hydrogen-bond acceptors (Lipinski definition) is 4. The number of carbonyl (C=O) groups excluding carboxylic acids is 1. The molecule has 3 N–H and O–H groups in total. The Balaban J connectivity index is 1.53. The lowest BCUT2D eigenvalue weighted by Crippen LogP contribution is -2.48. The summed E-state index contributed by atoms with van der Waals surface area (Å²) in [4.78, 5) is 17.7. The van der Waals surface area contributed by atoms with Crippen LogP contribution in [0.2, 0.25) is 0 Å². The quantitative estimate of drug-likeness (QED) is 0.796. The first kappa shape index (κ1) is 14.8. The van der Waals surface area contributed by atoms with Gasteiger partial charge < -0.3 is 15.7 Å². The van der Waals surface area contributed by atoms with E-state index < -0.39 is 0 Å². The number of urea groups is 1. The standard InChI is InChI=1S/C15H23N3O2S/c1-8-13(17-9(2)21-8)6-16-15(20)18-14-11-4-3-10(5-11)12(14)7-19/h10-12,14,19H,3-7H2,1-2H3,(H2,16,18,20). The zero-order valence-electron chi connectivity index (χ0n) is 12.6. The average molecular weight is 309 g/mol. The van der Waals surface area contributed by atoms with Crippen molar-refractivity contribution in [1.29, 1.82) is 0 Å². The number of aryl methyl sites for hydroxylation is 2. The molecule has 3 rings (SSSR count). The molecule has 2 aliphatic carbocycles. The molecule has 0 spiro atoms. The molecule has 4 unspecified atom stereocenters. The number of aromatic nitrogens is 1. The van der Waals surface area contributed by atoms with Gasteiger partial charge in [-0.15, -0.1) is 11.3 Å². The van der Waals surface area contributed by atoms with Crippen molar-refractivity contribution in [3.05, 3.63) is 15.6 Å². The first-order chi connectivity index (χ1) is 10.1. The van der Waals surface area contributed by atoms with Crippen LogP contribution >= 0.6 is 11.3 Å². The molecule has 2 fully saturated rings. The van der Waals surface area contributed by atoms with E-state index in [1.54, 1.807) is 11.3 Å². The van der Waals surface area contributed by atoms with E-state index in [-0.39, 0.29) is 24.6 Å². The summed E-state index contributed by atoms with van der Waals surface area (Å²) in [6.45, 7) is 4.64. The van der Waals surface area contributed by atoms with Gasteiger partial charge in [0.15, 0.2) is 0 Å². The van der Waals surface area contributed by atoms with E-state index >= 15 is 0 Å². The average Bonchev–Trinajstić information content (AvgIpc) is 3.11. The van der Waals surface area contributed by atoms with E-state index in [0.717, 1.165) is 22.0 Å². The fourth-order valence-corrected chi connectivity index (χ4v) is 4.84. The van der Waals surface area contributed by atoms with Gasteiger partial charge in [-0.05, 0) is 44.9 Å². The Kier molecular flexibility index (Phi) is 4.17. The van der Waals surface area contributed by atoms with Gasteiger partial charge in [-0.25, -0.2) is 9.78 Å². The third-order valence-corrected chi connectivity index (χ3v) is 5.94. The molecular formula is C15H23N3O2S. The van der Waals surface area contributed by atoms with Gasteiger partial charge in [0.2, 0.25) is 0 Å². The summed E-state index contributed by atoms with van der Waals surface area (Å²) in [5.74, 6) is 1.37. The van der Waals surface area contributed by atoms with Crippen molar-refractivity contribution in [2.24, 2.45) is 17.8 Å². The second kappa shape index (κ2) is 5.93. The molecule has 0 aromatic carbocycles. The molecule has 0 aliphatic heterocycles. The summed E-state index contributed by atoms with van der Waals surface area (Å²) >= 11 is 1.65. The Morgan fingerprint density at radius 2 is 2.14 bits per heavy atom. The number of carbonyl (C=O) groups is 1. The first-order valence-electron chi connectivity index (χ1n) is 7.66. The topological polar surface area (TPSA) is 74.2 Å². The fraction of sp³-hybridized carbons (Fsp3) is 0.733. The minimum atomic E-state index is -0.143. The number of fused-ring (bicyclic) bond motifs is 2. The molecule has 1 heterocycles. The molecule has 21 heavy (non-hydrogen) atoms. The molecule has 2 saturated carbocycles. The van der Waals surface area contributed by atoms with Crippen LogP contribution in [0.4, 0.5) is 4.79 Å². The highest BCUT2D eigenvalue weighted by Crippen LogP contribution is 2.48. The summed E-state index contributed by atoms with van der Waals surface area (Å²) in [6.07, 6.45) is 3.53. The highest BCUT2D eigenvalue weighted by Gasteiger charge is 2.47. The van der Waals surface area contributed by atoms with Gasteiger partial charge in [0, 0.05) is 23.4 Å². The Labute approximate surface area is 129 Å². The van der Waals surface area contributed by atoms with Gasteiger partial charge in [-0.1, -0.05) is 0 Å². The number of aliphatic hydroxyl groups excluding tert-OH is 1. The molecule has 6 heteroatoms. The summed E-state index contributed by atoms with van der Waals surface area (Å²) in [6, 6.07) is -0.0110. The number of rotatable bonds is 4. The maximum absolute atomic E-state index is 12.1. The lowest BCUT2D eigenvalue weighted by molar-refractivity contribution is 0.144. The molecular weight excluding hydrogens is 286 g/mol. The van der Waals surface area contributed by atoms with Gasteiger partial charge in [-0.2, -0.15) is 0 Å². The monoisotopic (exact) mass is 309 g/mol. The predicted molar refractivity (Wildman–Crippen MR) is 82.2 cm³/mol. The van der Waals surface area contributed by atoms with E-state index in [1.807, 2.05) is 13.8 Å². The Morgan fingerprint density at radius 3 is 2.81 bits per heavy atom. The Morgan fingerprint density at radius 1 is 1.38 bits per heavy atom. The molecule has 4 atom stereocenters. The van der Waals surface area contributed by atoms with E-state index in [1.165, 1.54) is 12.8 Å². The van der Waals surface area contributed by atoms with Crippen molar-refractivity contribution in [3.8, 4) is 0 Å². The normalized spacial score (nSPS) is 30.6. The highest BCUT2D eigenvalue weighted by molar-refractivity contribution is 7.11. The van der Waals surface area contributed by atoms with E-state index in [9.17, 15) is 9.90 Å². The molecule has 116 valence electrons. The highest BCUT2D eigenvalue weighted by atomic mass is 32.1. The molecule has 1 aromatic heterocycles. The Hall–Kier alpha value is -1.14. The van der Waals surface area contributed by atoms with Crippen LogP contribution in [0.1, 0.15) is 34.8 Å². The summed E-state index contributed by atoms with van der Waals surface area (Å²) < 4.78 is 0. The number of hydrogen-bond donors (Lipinski definition) is 3. The number of amides is 2. The van der Waals surface area contributed by atoms with Crippen LogP contribution in [-0.4, -0.2) is 28.8 Å². The first-order valence-corrected chi connectivity index (χ1v) is 8.48. The third-order valence-electron chi connectivity index (χ3n) is 5.01. The molecule has 5 nitrogen and oxygen atoms in total. The minimum absolute atomic E-state index is 0.131. The lowest BCUT2D eigenvalue weighted by atomic mass is 9.85. The molecule has 2 amide bonds. The zero-order chi connectivity index (χ0) is 15.0. The maximum Gasteiger partial charge on any atom is 0.315 e. The van der Waals surface area contributed by atoms with Crippen LogP contribution in [0.15, 0.2) is 0 Å². The molecule has 0 saturated heterocycles. The van der Waals surface area contributed by atoms with Crippen molar-refractivity contribution >= 4 is 17.4 Å². The second-order valence-electron chi connectivity index (χ2n) is 6.27. The van der Waals surface area contributed by atoms with Crippen molar-refractivity contribution in [2.45, 2.75) is 45.7 Å². The Bertz CT molecular complexity index is 531. The minimum Gasteiger partial charge on any atom is -0.396 e. The molecule has 1 aromatic rings. The maximum atomic E-state index is 12.1. The van der Waals surface area contributed by atoms with Crippen molar-refractivity contribution in [1.82, 2.24) is 15.6 Å². The SMILES string of the molecule is Cc1nc(CNC(=O)NC2C3CCC(C3)C2CO)c(C)s1. The van der Waals surface area contributed by atoms with Crippen LogP contribution in [0, 0.1) is 31.6 Å². The molecule has 0 radical (unpaired) electrons. The van der Waals surface area contributed by atoms with E-state index in [4.69, 9.17) is 0 Å². The van der Waals surface area contributed by atoms with Crippen molar-refractivity contribution in [3.63, 3.8) is 0 Å². The van der Waals surface area contributed by atoms with Gasteiger partial charge in [0.25, 0.3) is 0 Å². The fourth-order valence-electron chi connectivity index (χ4n) is 4.00. The predicted octanol–water partition coefficient (Wildman–Crippen LogP) is 1.97. The van der Waals surface area contributed by atoms with Gasteiger partial charge in [0.1, 0.15) is 0 Å². The van der Waals surface area contributed by atoms with Crippen molar-refractivity contribution in [2.75, 3.05) is 6.61 Å². The lowest BCUT2D eigenvalue weighted by Gasteiger charge is -2.30. The summed E-state index contributed by atoms with van der Waals surface area (Å²) in [7, 11) is 0. The van der Waals surface area contributed by atoms with Crippen LogP contribution in [-0.2, 0) is 6.54 Å². The van der Waals surface area contributed by atoms with Crippen LogP contribution in [0.25, 0.3) is 0 Å². The summed E-state index contributed by atoms with van der Waals surface area (Å²) in [5.41, 5.74) is 0.944. The number of nitrogens with zero attached hydrogens (tertiary/aromatic N) is 1. The number of nitrogens with one attached hydrogen (secondary N) is 2. The van der Waals surface area contributed by atoms with Crippen LogP contribution < -0.4 is 10.6 Å². The van der Waals surface area contributed by atoms with Crippen LogP contribution in [0.5, 0.6) is 0 Å². The summed E-state index contributed by atoms with van der Waals surface area (Å²) in [5, 5.41) is 16.5. The van der Waals surface area contributed by atoms with E-state index in [0.29, 0.717) is 18.4 Å². The number of aliphatic hydroxyl groups is 1. The molecule has 2 bridgehead atoms. The smallest absolute Gasteiger partial charge is 0.315 e. The molecule has 2 aliphatic rings. The number of thiazole rings is 1. The largest absolute Gasteiger partial charge is 0.396 e. The third kappa shape index (κ3) is 2.92. The van der Waals surface area contributed by atoms with Crippen LogP contribution in [0.3, 0.4) is 0 Å². The van der Waals surface area contributed by atoms with Gasteiger partial charge >= 0.3 is 6.03 Å². The van der Waals surface area contributed by atoms with Gasteiger partial charge in [0.05, 0.1) is 17.2 Å². The second-order valence-corrected chi connectivity index (χ2v) is 7.68. The van der Waals surface area contributed by atoms with E-state index in [2.05, 4.69) is 15.6 Å². The van der Waals surface area contributed by atoms with Crippen molar-refractivity contribution < 1.29 is 9.90 Å².